The number of aromatic nitrogens is 1. The Bertz CT molecular complexity index is 577. The van der Waals surface area contributed by atoms with Gasteiger partial charge in [0.15, 0.2) is 0 Å². The first-order valence-electron chi connectivity index (χ1n) is 3.80. The van der Waals surface area contributed by atoms with Gasteiger partial charge in [0.05, 0.1) is 10.5 Å². The summed E-state index contributed by atoms with van der Waals surface area (Å²) in [7, 11) is -4.47. The fourth-order valence-corrected chi connectivity index (χ4v) is 2.20. The van der Waals surface area contributed by atoms with Crippen LogP contribution in [0.2, 0.25) is 0 Å². The van der Waals surface area contributed by atoms with Gasteiger partial charge in [0.25, 0.3) is 16.4 Å². The molecule has 7 nitrogen and oxygen atoms in total. The van der Waals surface area contributed by atoms with E-state index in [-0.39, 0.29) is 0 Å². The predicted octanol–water partition coefficient (Wildman–Crippen LogP) is 1.34. The molecule has 1 rings (SSSR count). The highest BCUT2D eigenvalue weighted by atomic mass is 79.9. The number of alkyl halides is 2. The van der Waals surface area contributed by atoms with Crippen LogP contribution in [0.3, 0.4) is 0 Å². The summed E-state index contributed by atoms with van der Waals surface area (Å²) >= 11 is 2.59. The van der Waals surface area contributed by atoms with Gasteiger partial charge in [-0.25, -0.2) is 27.3 Å². The predicted molar refractivity (Wildman–Crippen MR) is 54.9 cm³/mol. The molecule has 17 heavy (non-hydrogen) atoms. The van der Waals surface area contributed by atoms with Gasteiger partial charge in [-0.15, -0.1) is 0 Å². The molecule has 0 radical (unpaired) electrons. The second kappa shape index (κ2) is 4.58. The Balaban J connectivity index is 3.65. The Morgan fingerprint density at radius 1 is 1.53 bits per heavy atom. The van der Waals surface area contributed by atoms with Gasteiger partial charge in [0.2, 0.25) is 5.03 Å². The van der Waals surface area contributed by atoms with Crippen molar-refractivity contribution in [3.63, 3.8) is 0 Å². The normalized spacial score (nSPS) is 11.8. The summed E-state index contributed by atoms with van der Waals surface area (Å²) in [6.07, 6.45) is -3.04. The molecule has 1 aromatic rings. The molecule has 0 fully saturated rings. The Morgan fingerprint density at radius 3 is 2.41 bits per heavy atom. The quantitative estimate of drug-likeness (QED) is 0.509. The largest absolute Gasteiger partial charge is 0.308 e. The number of nitrogens with two attached hydrogens (primary N) is 1. The molecular formula is C6H4BrF2N3O4S. The molecule has 94 valence electrons. The van der Waals surface area contributed by atoms with Crippen molar-refractivity contribution in [2.75, 3.05) is 0 Å². The standard InChI is InChI=1S/C6H4BrF2N3O4S/c7-4-2(5(8)9)1-3(12(13)14)6(11-4)17(10,15)16/h1,5H,(H2,10,15,16). The van der Waals surface area contributed by atoms with Crippen LogP contribution in [-0.2, 0) is 10.0 Å². The lowest BCUT2D eigenvalue weighted by atomic mass is 10.3. The van der Waals surface area contributed by atoms with Crippen molar-refractivity contribution in [1.29, 1.82) is 0 Å². The van der Waals surface area contributed by atoms with Crippen LogP contribution in [0.25, 0.3) is 0 Å². The van der Waals surface area contributed by atoms with Crippen molar-refractivity contribution < 1.29 is 22.1 Å². The number of rotatable bonds is 3. The molecule has 0 aromatic carbocycles. The van der Waals surface area contributed by atoms with E-state index in [1.54, 1.807) is 0 Å². The SMILES string of the molecule is NS(=O)(=O)c1nc(Br)c(C(F)F)cc1[N+](=O)[O-]. The maximum Gasteiger partial charge on any atom is 0.308 e. The van der Waals surface area contributed by atoms with E-state index in [4.69, 9.17) is 0 Å². The Morgan fingerprint density at radius 2 is 2.06 bits per heavy atom. The molecule has 2 N–H and O–H groups in total. The molecule has 0 spiro atoms. The van der Waals surface area contributed by atoms with Crippen molar-refractivity contribution in [2.24, 2.45) is 5.14 Å². The molecule has 0 saturated heterocycles. The molecular weight excluding hydrogens is 328 g/mol. The van der Waals surface area contributed by atoms with Crippen LogP contribution in [0.5, 0.6) is 0 Å². The maximum absolute atomic E-state index is 12.4. The van der Waals surface area contributed by atoms with Gasteiger partial charge in [-0.05, 0) is 15.9 Å². The topological polar surface area (TPSA) is 116 Å². The van der Waals surface area contributed by atoms with E-state index in [2.05, 4.69) is 26.1 Å². The second-order valence-electron chi connectivity index (χ2n) is 2.80. The van der Waals surface area contributed by atoms with Gasteiger partial charge in [0, 0.05) is 6.07 Å². The Kier molecular flexibility index (Phi) is 3.74. The average molecular weight is 332 g/mol. The van der Waals surface area contributed by atoms with Crippen LogP contribution in [0.1, 0.15) is 12.0 Å². The van der Waals surface area contributed by atoms with E-state index in [0.717, 1.165) is 0 Å². The van der Waals surface area contributed by atoms with Crippen LogP contribution in [0.15, 0.2) is 15.7 Å². The first-order chi connectivity index (χ1) is 7.64. The van der Waals surface area contributed by atoms with Crippen LogP contribution in [0, 0.1) is 10.1 Å². The first-order valence-corrected chi connectivity index (χ1v) is 6.14. The highest BCUT2D eigenvalue weighted by Gasteiger charge is 2.29. The van der Waals surface area contributed by atoms with Crippen LogP contribution in [-0.4, -0.2) is 18.3 Å². The van der Waals surface area contributed by atoms with Gasteiger partial charge in [-0.1, -0.05) is 0 Å². The third kappa shape index (κ3) is 2.92. The zero-order valence-electron chi connectivity index (χ0n) is 7.80. The highest BCUT2D eigenvalue weighted by molar-refractivity contribution is 9.10. The Hall–Kier alpha value is -1.20. The number of nitrogens with zero attached hydrogens (tertiary/aromatic N) is 2. The summed E-state index contributed by atoms with van der Waals surface area (Å²) in [5.41, 5.74) is -1.88. The third-order valence-corrected chi connectivity index (χ3v) is 3.13. The summed E-state index contributed by atoms with van der Waals surface area (Å²) in [6, 6.07) is 0.418. The van der Waals surface area contributed by atoms with Gasteiger partial charge in [0.1, 0.15) is 4.60 Å². The number of sulfonamides is 1. The lowest BCUT2D eigenvalue weighted by molar-refractivity contribution is -0.388. The zero-order chi connectivity index (χ0) is 13.4. The first kappa shape index (κ1) is 13.9. The van der Waals surface area contributed by atoms with Crippen LogP contribution in [0.4, 0.5) is 14.5 Å². The smallest absolute Gasteiger partial charge is 0.258 e. The van der Waals surface area contributed by atoms with Crippen LogP contribution >= 0.6 is 15.9 Å². The van der Waals surface area contributed by atoms with E-state index < -0.39 is 42.3 Å². The minimum atomic E-state index is -4.47. The molecule has 0 saturated carbocycles. The molecule has 1 heterocycles. The fourth-order valence-electron chi connectivity index (χ4n) is 0.973. The van der Waals surface area contributed by atoms with Gasteiger partial charge >= 0.3 is 5.69 Å². The van der Waals surface area contributed by atoms with E-state index in [9.17, 15) is 27.3 Å². The molecule has 0 unspecified atom stereocenters. The van der Waals surface area contributed by atoms with Crippen molar-refractivity contribution in [1.82, 2.24) is 4.98 Å². The van der Waals surface area contributed by atoms with E-state index in [1.807, 2.05) is 0 Å². The Labute approximate surface area is 102 Å². The maximum atomic E-state index is 12.4. The molecule has 0 aliphatic rings. The fraction of sp³-hybridized carbons (Fsp3) is 0.167. The number of primary sulfonamides is 1. The minimum absolute atomic E-state index is 0.418. The van der Waals surface area contributed by atoms with Crippen molar-refractivity contribution in [3.8, 4) is 0 Å². The third-order valence-electron chi connectivity index (χ3n) is 1.65. The van der Waals surface area contributed by atoms with Crippen molar-refractivity contribution >= 4 is 31.6 Å². The number of hydrogen-bond acceptors (Lipinski definition) is 5. The van der Waals surface area contributed by atoms with Gasteiger partial charge in [-0.3, -0.25) is 10.1 Å². The second-order valence-corrected chi connectivity index (χ2v) is 5.02. The molecule has 1 aromatic heterocycles. The summed E-state index contributed by atoms with van der Waals surface area (Å²) in [5.74, 6) is 0. The van der Waals surface area contributed by atoms with Crippen molar-refractivity contribution in [3.05, 3.63) is 26.3 Å². The molecule has 0 amide bonds. The van der Waals surface area contributed by atoms with Crippen LogP contribution < -0.4 is 5.14 Å². The summed E-state index contributed by atoms with van der Waals surface area (Å²) in [6.45, 7) is 0. The summed E-state index contributed by atoms with van der Waals surface area (Å²) in [5, 5.41) is 14.2. The molecule has 0 aliphatic heterocycles. The summed E-state index contributed by atoms with van der Waals surface area (Å²) in [4.78, 5) is 12.6. The van der Waals surface area contributed by atoms with Gasteiger partial charge < -0.3 is 0 Å². The molecule has 0 atom stereocenters. The highest BCUT2D eigenvalue weighted by Crippen LogP contribution is 2.32. The molecule has 11 heteroatoms. The van der Waals surface area contributed by atoms with Crippen molar-refractivity contribution in [2.45, 2.75) is 11.5 Å². The zero-order valence-corrected chi connectivity index (χ0v) is 10.2. The number of halogens is 3. The minimum Gasteiger partial charge on any atom is -0.258 e. The van der Waals surface area contributed by atoms with E-state index in [0.29, 0.717) is 6.07 Å². The average Bonchev–Trinajstić information content (AvgIpc) is 2.14. The lowest BCUT2D eigenvalue weighted by Gasteiger charge is -2.05. The number of nitro groups is 1. The van der Waals surface area contributed by atoms with E-state index in [1.165, 1.54) is 0 Å². The number of pyridine rings is 1. The van der Waals surface area contributed by atoms with Gasteiger partial charge in [-0.2, -0.15) is 0 Å². The van der Waals surface area contributed by atoms with E-state index >= 15 is 0 Å². The monoisotopic (exact) mass is 331 g/mol. The number of hydrogen-bond donors (Lipinski definition) is 1. The molecule has 0 bridgehead atoms. The lowest BCUT2D eigenvalue weighted by Crippen LogP contribution is -2.17. The summed E-state index contributed by atoms with van der Waals surface area (Å²) < 4.78 is 46.3. The molecule has 0 aliphatic carbocycles.